The number of aromatic nitrogens is 1. The van der Waals surface area contributed by atoms with Crippen LogP contribution in [0.3, 0.4) is 0 Å². The van der Waals surface area contributed by atoms with Gasteiger partial charge in [0, 0.05) is 11.1 Å². The topological polar surface area (TPSA) is 26.0 Å². The average Bonchev–Trinajstić information content (AvgIpc) is 2.73. The molecule has 0 radical (unpaired) electrons. The highest BCUT2D eigenvalue weighted by Gasteiger charge is 2.09. The Morgan fingerprint density at radius 3 is 2.94 bits per heavy atom. The molecule has 2 rings (SSSR count). The molecule has 0 amide bonds. The molecule has 16 heavy (non-hydrogen) atoms. The van der Waals surface area contributed by atoms with Gasteiger partial charge >= 0.3 is 0 Å². The van der Waals surface area contributed by atoms with Gasteiger partial charge in [0.25, 0.3) is 5.22 Å². The van der Waals surface area contributed by atoms with Crippen LogP contribution in [0.5, 0.6) is 0 Å². The van der Waals surface area contributed by atoms with Crippen molar-refractivity contribution in [2.24, 2.45) is 5.92 Å². The fraction of sp³-hybridized carbons (Fsp3) is 0.417. The second kappa shape index (κ2) is 5.73. The fourth-order valence-electron chi connectivity index (χ4n) is 1.37. The van der Waals surface area contributed by atoms with Crippen molar-refractivity contribution in [2.45, 2.75) is 18.6 Å². The highest BCUT2D eigenvalue weighted by atomic mass is 79.9. The number of oxazole rings is 1. The second-order valence-corrected chi connectivity index (χ2v) is 5.31. The first kappa shape index (κ1) is 12.0. The van der Waals surface area contributed by atoms with Gasteiger partial charge in [-0.05, 0) is 18.1 Å². The van der Waals surface area contributed by atoms with Gasteiger partial charge in [-0.25, -0.2) is 4.98 Å². The van der Waals surface area contributed by atoms with Crippen LogP contribution in [0.1, 0.15) is 13.3 Å². The maximum atomic E-state index is 5.64. The van der Waals surface area contributed by atoms with Gasteiger partial charge in [-0.15, -0.1) is 0 Å². The van der Waals surface area contributed by atoms with Crippen molar-refractivity contribution in [3.05, 3.63) is 24.3 Å². The van der Waals surface area contributed by atoms with Crippen molar-refractivity contribution in [3.8, 4) is 0 Å². The largest absolute Gasteiger partial charge is 0.431 e. The van der Waals surface area contributed by atoms with Gasteiger partial charge < -0.3 is 4.42 Å². The standard InChI is InChI=1S/C12H14BrNOS/c1-2-9(7-13)8-16-12-14-10-5-3-4-6-11(10)15-12/h3-6,9H,2,7-8H2,1H3. The normalized spacial score (nSPS) is 13.1. The molecule has 1 atom stereocenters. The minimum atomic E-state index is 0.681. The third-order valence-electron chi connectivity index (χ3n) is 2.51. The molecule has 0 bridgehead atoms. The third kappa shape index (κ3) is 2.80. The molecule has 0 aliphatic heterocycles. The molecule has 0 aliphatic carbocycles. The molecule has 1 unspecified atom stereocenters. The fourth-order valence-corrected chi connectivity index (χ4v) is 3.41. The maximum absolute atomic E-state index is 5.64. The Kier molecular flexibility index (Phi) is 4.29. The van der Waals surface area contributed by atoms with Crippen molar-refractivity contribution in [1.29, 1.82) is 0 Å². The number of fused-ring (bicyclic) bond motifs is 1. The van der Waals surface area contributed by atoms with E-state index in [-0.39, 0.29) is 0 Å². The van der Waals surface area contributed by atoms with Crippen molar-refractivity contribution in [2.75, 3.05) is 11.1 Å². The van der Waals surface area contributed by atoms with E-state index in [0.717, 1.165) is 27.4 Å². The van der Waals surface area contributed by atoms with Crippen molar-refractivity contribution >= 4 is 38.8 Å². The summed E-state index contributed by atoms with van der Waals surface area (Å²) in [6.45, 7) is 2.21. The molecular weight excluding hydrogens is 286 g/mol. The van der Waals surface area contributed by atoms with Crippen molar-refractivity contribution in [1.82, 2.24) is 4.98 Å². The zero-order chi connectivity index (χ0) is 11.4. The zero-order valence-electron chi connectivity index (χ0n) is 9.15. The minimum Gasteiger partial charge on any atom is -0.431 e. The summed E-state index contributed by atoms with van der Waals surface area (Å²) in [6, 6.07) is 7.88. The lowest BCUT2D eigenvalue weighted by Gasteiger charge is -2.07. The van der Waals surface area contributed by atoms with Gasteiger partial charge in [0.05, 0.1) is 0 Å². The number of benzene rings is 1. The third-order valence-corrected chi connectivity index (χ3v) is 4.49. The van der Waals surface area contributed by atoms with E-state index in [2.05, 4.69) is 27.8 Å². The molecule has 0 saturated heterocycles. The van der Waals surface area contributed by atoms with Gasteiger partial charge in [0.1, 0.15) is 5.52 Å². The van der Waals surface area contributed by atoms with Crippen LogP contribution in [0.4, 0.5) is 0 Å². The minimum absolute atomic E-state index is 0.681. The van der Waals surface area contributed by atoms with E-state index >= 15 is 0 Å². The predicted molar refractivity (Wildman–Crippen MR) is 72.3 cm³/mol. The molecule has 0 fully saturated rings. The Balaban J connectivity index is 2.04. The molecule has 2 aromatic rings. The summed E-state index contributed by atoms with van der Waals surface area (Å²) >= 11 is 5.22. The summed E-state index contributed by atoms with van der Waals surface area (Å²) in [7, 11) is 0. The Morgan fingerprint density at radius 1 is 1.44 bits per heavy atom. The van der Waals surface area contributed by atoms with Gasteiger partial charge in [-0.2, -0.15) is 0 Å². The molecular formula is C12H14BrNOS. The van der Waals surface area contributed by atoms with Gasteiger partial charge in [-0.3, -0.25) is 0 Å². The molecule has 1 heterocycles. The molecule has 0 N–H and O–H groups in total. The first-order valence-electron chi connectivity index (χ1n) is 5.37. The maximum Gasteiger partial charge on any atom is 0.256 e. The number of hydrogen-bond acceptors (Lipinski definition) is 3. The van der Waals surface area contributed by atoms with E-state index in [9.17, 15) is 0 Å². The highest BCUT2D eigenvalue weighted by molar-refractivity contribution is 9.09. The second-order valence-electron chi connectivity index (χ2n) is 3.69. The Morgan fingerprint density at radius 2 is 2.25 bits per heavy atom. The lowest BCUT2D eigenvalue weighted by molar-refractivity contribution is 0.488. The molecule has 0 spiro atoms. The summed E-state index contributed by atoms with van der Waals surface area (Å²) in [5, 5.41) is 1.82. The SMILES string of the molecule is CCC(CBr)CSc1nc2ccccc2o1. The predicted octanol–water partition coefficient (Wildman–Crippen LogP) is 4.34. The van der Waals surface area contributed by atoms with Gasteiger partial charge in [0.2, 0.25) is 0 Å². The molecule has 2 nitrogen and oxygen atoms in total. The lowest BCUT2D eigenvalue weighted by atomic mass is 10.2. The Labute approximate surface area is 108 Å². The van der Waals surface area contributed by atoms with Crippen LogP contribution >= 0.6 is 27.7 Å². The summed E-state index contributed by atoms with van der Waals surface area (Å²) in [6.07, 6.45) is 1.18. The van der Waals surface area contributed by atoms with Crippen LogP contribution in [-0.2, 0) is 0 Å². The Hall–Kier alpha value is -0.480. The van der Waals surface area contributed by atoms with E-state index in [1.54, 1.807) is 11.8 Å². The first-order chi connectivity index (χ1) is 7.83. The van der Waals surface area contributed by atoms with E-state index in [4.69, 9.17) is 4.42 Å². The van der Waals surface area contributed by atoms with Gasteiger partial charge in [-0.1, -0.05) is 53.2 Å². The number of thioether (sulfide) groups is 1. The van der Waals surface area contributed by atoms with Crippen LogP contribution in [0, 0.1) is 5.92 Å². The summed E-state index contributed by atoms with van der Waals surface area (Å²) in [5.74, 6) is 1.73. The Bertz CT molecular complexity index is 420. The van der Waals surface area contributed by atoms with Crippen molar-refractivity contribution < 1.29 is 4.42 Å². The number of nitrogens with zero attached hydrogens (tertiary/aromatic N) is 1. The van der Waals surface area contributed by atoms with Crippen molar-refractivity contribution in [3.63, 3.8) is 0 Å². The quantitative estimate of drug-likeness (QED) is 0.607. The summed E-state index contributed by atoms with van der Waals surface area (Å²) in [4.78, 5) is 4.43. The summed E-state index contributed by atoms with van der Waals surface area (Å²) < 4.78 is 5.64. The smallest absolute Gasteiger partial charge is 0.256 e. The molecule has 0 saturated carbocycles. The van der Waals surface area contributed by atoms with E-state index in [1.165, 1.54) is 6.42 Å². The molecule has 4 heteroatoms. The number of hydrogen-bond donors (Lipinski definition) is 0. The lowest BCUT2D eigenvalue weighted by Crippen LogP contribution is -2.02. The molecule has 1 aromatic heterocycles. The van der Waals surface area contributed by atoms with E-state index in [0.29, 0.717) is 5.92 Å². The van der Waals surface area contributed by atoms with Crippen LogP contribution in [-0.4, -0.2) is 16.1 Å². The van der Waals surface area contributed by atoms with Crippen LogP contribution < -0.4 is 0 Å². The zero-order valence-corrected chi connectivity index (χ0v) is 11.6. The first-order valence-corrected chi connectivity index (χ1v) is 7.48. The van der Waals surface area contributed by atoms with Crippen LogP contribution in [0.25, 0.3) is 11.1 Å². The number of rotatable bonds is 5. The summed E-state index contributed by atoms with van der Waals surface area (Å²) in [5.41, 5.74) is 1.81. The highest BCUT2D eigenvalue weighted by Crippen LogP contribution is 2.26. The van der Waals surface area contributed by atoms with Gasteiger partial charge in [0.15, 0.2) is 5.58 Å². The van der Waals surface area contributed by atoms with Crippen LogP contribution in [0.2, 0.25) is 0 Å². The number of halogens is 1. The van der Waals surface area contributed by atoms with E-state index in [1.807, 2.05) is 24.3 Å². The number of para-hydroxylation sites is 2. The average molecular weight is 300 g/mol. The van der Waals surface area contributed by atoms with Crippen LogP contribution in [0.15, 0.2) is 33.9 Å². The monoisotopic (exact) mass is 299 g/mol. The molecule has 0 aliphatic rings. The number of alkyl halides is 1. The van der Waals surface area contributed by atoms with E-state index < -0.39 is 0 Å². The molecule has 86 valence electrons. The molecule has 1 aromatic carbocycles.